The van der Waals surface area contributed by atoms with Gasteiger partial charge in [0, 0.05) is 16.4 Å². The van der Waals surface area contributed by atoms with Gasteiger partial charge in [-0.05, 0) is 54.4 Å². The number of aryl methyl sites for hydroxylation is 1. The third-order valence-corrected chi connectivity index (χ3v) is 4.37. The van der Waals surface area contributed by atoms with Gasteiger partial charge in [0.15, 0.2) is 6.61 Å². The topological polar surface area (TPSA) is 67.4 Å². The average molecular weight is 409 g/mol. The number of benzene rings is 3. The van der Waals surface area contributed by atoms with Gasteiger partial charge < -0.3 is 15.4 Å². The van der Waals surface area contributed by atoms with E-state index in [1.54, 1.807) is 42.5 Å². The largest absolute Gasteiger partial charge is 0.483 e. The number of amides is 2. The molecule has 0 bridgehead atoms. The van der Waals surface area contributed by atoms with E-state index in [0.29, 0.717) is 22.1 Å². The van der Waals surface area contributed by atoms with Crippen LogP contribution in [0.15, 0.2) is 72.8 Å². The Labute approximate surface area is 174 Å². The third kappa shape index (κ3) is 6.36. The Morgan fingerprint density at radius 2 is 1.55 bits per heavy atom. The molecule has 3 aromatic rings. The van der Waals surface area contributed by atoms with E-state index in [2.05, 4.69) is 10.6 Å². The predicted molar refractivity (Wildman–Crippen MR) is 116 cm³/mol. The summed E-state index contributed by atoms with van der Waals surface area (Å²) < 4.78 is 5.55. The first-order chi connectivity index (χ1) is 14.0. The summed E-state index contributed by atoms with van der Waals surface area (Å²) >= 11 is 5.92. The Balaban J connectivity index is 1.53. The van der Waals surface area contributed by atoms with E-state index in [9.17, 15) is 9.59 Å². The predicted octanol–water partition coefficient (Wildman–Crippen LogP) is 4.85. The summed E-state index contributed by atoms with van der Waals surface area (Å²) in [6, 6.07) is 21.7. The Morgan fingerprint density at radius 3 is 2.24 bits per heavy atom. The second-order valence-corrected chi connectivity index (χ2v) is 6.97. The minimum atomic E-state index is -0.299. The van der Waals surface area contributed by atoms with E-state index in [4.69, 9.17) is 16.3 Å². The van der Waals surface area contributed by atoms with Crippen molar-refractivity contribution in [1.82, 2.24) is 0 Å². The van der Waals surface area contributed by atoms with Crippen LogP contribution >= 0.6 is 11.6 Å². The first-order valence-corrected chi connectivity index (χ1v) is 9.50. The second-order valence-electron chi connectivity index (χ2n) is 6.54. The Kier molecular flexibility index (Phi) is 6.87. The number of nitrogens with one attached hydrogen (secondary N) is 2. The lowest BCUT2D eigenvalue weighted by Gasteiger charge is -2.11. The van der Waals surface area contributed by atoms with Gasteiger partial charge in [-0.15, -0.1) is 0 Å². The van der Waals surface area contributed by atoms with Gasteiger partial charge in [0.25, 0.3) is 5.91 Å². The zero-order valence-electron chi connectivity index (χ0n) is 15.9. The van der Waals surface area contributed by atoms with Crippen LogP contribution in [0.2, 0.25) is 5.02 Å². The van der Waals surface area contributed by atoms with Crippen LogP contribution in [0.4, 0.5) is 11.4 Å². The number of rotatable bonds is 7. The van der Waals surface area contributed by atoms with Crippen molar-refractivity contribution in [2.24, 2.45) is 0 Å². The Hall–Kier alpha value is -3.31. The summed E-state index contributed by atoms with van der Waals surface area (Å²) in [6.07, 6.45) is 0.283. The molecule has 0 saturated heterocycles. The fraction of sp³-hybridized carbons (Fsp3) is 0.130. The van der Waals surface area contributed by atoms with Crippen molar-refractivity contribution in [2.45, 2.75) is 13.3 Å². The SMILES string of the molecule is Cc1cc(Cl)ccc1OCC(=O)Nc1cccc(NC(=O)Cc2ccccc2)c1. The van der Waals surface area contributed by atoms with Crippen LogP contribution in [0.1, 0.15) is 11.1 Å². The van der Waals surface area contributed by atoms with Crippen LogP contribution in [0, 0.1) is 6.92 Å². The number of ether oxygens (including phenoxy) is 1. The molecule has 3 rings (SSSR count). The normalized spacial score (nSPS) is 10.3. The molecule has 0 aromatic heterocycles. The average Bonchev–Trinajstić information content (AvgIpc) is 2.68. The van der Waals surface area contributed by atoms with Crippen LogP contribution < -0.4 is 15.4 Å². The molecule has 2 N–H and O–H groups in total. The molecule has 2 amide bonds. The van der Waals surface area contributed by atoms with Crippen molar-refractivity contribution in [3.05, 3.63) is 88.9 Å². The van der Waals surface area contributed by atoms with Gasteiger partial charge in [-0.2, -0.15) is 0 Å². The molecular formula is C23H21ClN2O3. The van der Waals surface area contributed by atoms with Gasteiger partial charge in [0.2, 0.25) is 5.91 Å². The molecule has 6 heteroatoms. The standard InChI is InChI=1S/C23H21ClN2O3/c1-16-12-18(24)10-11-21(16)29-15-23(28)26-20-9-5-8-19(14-20)25-22(27)13-17-6-3-2-4-7-17/h2-12,14H,13,15H2,1H3,(H,25,27)(H,26,28). The lowest BCUT2D eigenvalue weighted by molar-refractivity contribution is -0.118. The number of halogens is 1. The Morgan fingerprint density at radius 1 is 0.862 bits per heavy atom. The molecule has 0 atom stereocenters. The zero-order chi connectivity index (χ0) is 20.6. The summed E-state index contributed by atoms with van der Waals surface area (Å²) in [4.78, 5) is 24.4. The minimum absolute atomic E-state index is 0.124. The van der Waals surface area contributed by atoms with Crippen molar-refractivity contribution in [3.8, 4) is 5.75 Å². The van der Waals surface area contributed by atoms with Crippen molar-refractivity contribution >= 4 is 34.8 Å². The molecule has 0 aliphatic carbocycles. The maximum Gasteiger partial charge on any atom is 0.262 e. The highest BCUT2D eigenvalue weighted by Gasteiger charge is 2.08. The number of hydrogen-bond acceptors (Lipinski definition) is 3. The van der Waals surface area contributed by atoms with Gasteiger partial charge >= 0.3 is 0 Å². The van der Waals surface area contributed by atoms with Gasteiger partial charge in [0.1, 0.15) is 5.75 Å². The molecule has 0 spiro atoms. The number of hydrogen-bond donors (Lipinski definition) is 2. The van der Waals surface area contributed by atoms with Crippen LogP contribution in [0.25, 0.3) is 0 Å². The van der Waals surface area contributed by atoms with Crippen molar-refractivity contribution in [3.63, 3.8) is 0 Å². The molecule has 5 nitrogen and oxygen atoms in total. The van der Waals surface area contributed by atoms with Crippen LogP contribution in [-0.2, 0) is 16.0 Å². The highest BCUT2D eigenvalue weighted by molar-refractivity contribution is 6.30. The number of carbonyl (C=O) groups is 2. The van der Waals surface area contributed by atoms with Crippen LogP contribution in [-0.4, -0.2) is 18.4 Å². The second kappa shape index (κ2) is 9.75. The Bertz CT molecular complexity index is 1010. The van der Waals surface area contributed by atoms with E-state index < -0.39 is 0 Å². The third-order valence-electron chi connectivity index (χ3n) is 4.13. The van der Waals surface area contributed by atoms with Gasteiger partial charge in [-0.25, -0.2) is 0 Å². The maximum absolute atomic E-state index is 12.2. The monoisotopic (exact) mass is 408 g/mol. The van der Waals surface area contributed by atoms with Crippen molar-refractivity contribution < 1.29 is 14.3 Å². The first kappa shape index (κ1) is 20.4. The van der Waals surface area contributed by atoms with Crippen LogP contribution in [0.3, 0.4) is 0 Å². The molecule has 0 fully saturated rings. The smallest absolute Gasteiger partial charge is 0.262 e. The van der Waals surface area contributed by atoms with E-state index in [1.165, 1.54) is 0 Å². The summed E-state index contributed by atoms with van der Waals surface area (Å²) in [5.41, 5.74) is 2.97. The molecule has 0 aliphatic rings. The van der Waals surface area contributed by atoms with Crippen molar-refractivity contribution in [1.29, 1.82) is 0 Å². The molecule has 148 valence electrons. The van der Waals surface area contributed by atoms with E-state index >= 15 is 0 Å². The van der Waals surface area contributed by atoms with Crippen LogP contribution in [0.5, 0.6) is 5.75 Å². The summed E-state index contributed by atoms with van der Waals surface area (Å²) in [5.74, 6) is 0.180. The molecule has 0 unspecified atom stereocenters. The van der Waals surface area contributed by atoms with Gasteiger partial charge in [0.05, 0.1) is 6.42 Å². The number of carbonyl (C=O) groups excluding carboxylic acids is 2. The van der Waals surface area contributed by atoms with E-state index in [0.717, 1.165) is 11.1 Å². The lowest BCUT2D eigenvalue weighted by atomic mass is 10.1. The fourth-order valence-electron chi connectivity index (χ4n) is 2.78. The molecule has 0 aliphatic heterocycles. The van der Waals surface area contributed by atoms with Gasteiger partial charge in [-0.3, -0.25) is 9.59 Å². The highest BCUT2D eigenvalue weighted by atomic mass is 35.5. The maximum atomic E-state index is 12.2. The highest BCUT2D eigenvalue weighted by Crippen LogP contribution is 2.22. The molecule has 29 heavy (non-hydrogen) atoms. The molecule has 3 aromatic carbocycles. The molecule has 0 heterocycles. The molecule has 0 saturated carbocycles. The fourth-order valence-corrected chi connectivity index (χ4v) is 3.00. The summed E-state index contributed by atoms with van der Waals surface area (Å²) in [5, 5.41) is 6.22. The molecular weight excluding hydrogens is 388 g/mol. The summed E-state index contributed by atoms with van der Waals surface area (Å²) in [6.45, 7) is 1.73. The van der Waals surface area contributed by atoms with Gasteiger partial charge in [-0.1, -0.05) is 48.0 Å². The van der Waals surface area contributed by atoms with E-state index in [1.807, 2.05) is 37.3 Å². The molecule has 0 radical (unpaired) electrons. The quantitative estimate of drug-likeness (QED) is 0.587. The zero-order valence-corrected chi connectivity index (χ0v) is 16.7. The lowest BCUT2D eigenvalue weighted by Crippen LogP contribution is -2.20. The first-order valence-electron chi connectivity index (χ1n) is 9.12. The number of anilines is 2. The minimum Gasteiger partial charge on any atom is -0.483 e. The van der Waals surface area contributed by atoms with E-state index in [-0.39, 0.29) is 24.8 Å². The summed E-state index contributed by atoms with van der Waals surface area (Å²) in [7, 11) is 0. The van der Waals surface area contributed by atoms with Crippen molar-refractivity contribution in [2.75, 3.05) is 17.2 Å².